The second kappa shape index (κ2) is 8.54. The molecule has 5 heteroatoms. The second-order valence-corrected chi connectivity index (χ2v) is 6.62. The monoisotopic (exact) mass is 364 g/mol. The largest absolute Gasteiger partial charge is 0.455 e. The van der Waals surface area contributed by atoms with Crippen LogP contribution in [-0.2, 0) is 33.7 Å². The quantitative estimate of drug-likeness (QED) is 0.653. The summed E-state index contributed by atoms with van der Waals surface area (Å²) >= 11 is 0. The van der Waals surface area contributed by atoms with Crippen molar-refractivity contribution >= 4 is 22.8 Å². The van der Waals surface area contributed by atoms with Gasteiger partial charge in [-0.1, -0.05) is 49.4 Å². The van der Waals surface area contributed by atoms with Crippen LogP contribution in [0, 0.1) is 0 Å². The van der Waals surface area contributed by atoms with Crippen molar-refractivity contribution < 1.29 is 14.3 Å². The van der Waals surface area contributed by atoms with Crippen molar-refractivity contribution in [1.29, 1.82) is 0 Å². The number of aryl methyl sites for hydroxylation is 1. The lowest BCUT2D eigenvalue weighted by atomic mass is 10.1. The molecular weight excluding hydrogens is 340 g/mol. The molecule has 1 heterocycles. The van der Waals surface area contributed by atoms with E-state index in [0.717, 1.165) is 28.5 Å². The molecule has 1 N–H and O–H groups in total. The highest BCUT2D eigenvalue weighted by molar-refractivity contribution is 5.88. The lowest BCUT2D eigenvalue weighted by Crippen LogP contribution is -2.31. The Morgan fingerprint density at radius 2 is 1.74 bits per heavy atom. The van der Waals surface area contributed by atoms with E-state index in [1.807, 2.05) is 36.4 Å². The smallest absolute Gasteiger partial charge is 0.310 e. The number of H-pyrrole nitrogens is 1. The first-order valence-corrected chi connectivity index (χ1v) is 9.09. The molecule has 0 aliphatic rings. The molecular formula is C22H24N2O3. The third kappa shape index (κ3) is 4.76. The average molecular weight is 364 g/mol. The maximum Gasteiger partial charge on any atom is 0.310 e. The van der Waals surface area contributed by atoms with Gasteiger partial charge in [0.25, 0.3) is 5.91 Å². The van der Waals surface area contributed by atoms with Crippen LogP contribution in [0.3, 0.4) is 0 Å². The number of aromatic nitrogens is 1. The maximum atomic E-state index is 12.2. The summed E-state index contributed by atoms with van der Waals surface area (Å²) in [6.45, 7) is 2.35. The van der Waals surface area contributed by atoms with Gasteiger partial charge in [-0.05, 0) is 29.2 Å². The molecule has 0 aliphatic carbocycles. The molecule has 3 aromatic rings. The molecule has 1 amide bonds. The van der Waals surface area contributed by atoms with Crippen LogP contribution in [0.15, 0.2) is 54.7 Å². The number of fused-ring (bicyclic) bond motifs is 1. The maximum absolute atomic E-state index is 12.2. The lowest BCUT2D eigenvalue weighted by molar-refractivity contribution is -0.151. The Morgan fingerprint density at radius 1 is 1.04 bits per heavy atom. The van der Waals surface area contributed by atoms with Crippen LogP contribution in [0.4, 0.5) is 0 Å². The Kier molecular flexibility index (Phi) is 5.91. The zero-order valence-corrected chi connectivity index (χ0v) is 15.7. The molecule has 0 saturated carbocycles. The summed E-state index contributed by atoms with van der Waals surface area (Å²) in [4.78, 5) is 29.0. The molecule has 0 radical (unpaired) electrons. The predicted octanol–water partition coefficient (Wildman–Crippen LogP) is 3.47. The highest BCUT2D eigenvalue weighted by atomic mass is 16.5. The third-order valence-corrected chi connectivity index (χ3v) is 4.64. The van der Waals surface area contributed by atoms with Gasteiger partial charge in [0.2, 0.25) is 0 Å². The molecule has 0 spiro atoms. The number of carbonyl (C=O) groups excluding carboxylic acids is 2. The number of ether oxygens (including phenoxy) is 1. The van der Waals surface area contributed by atoms with Gasteiger partial charge in [-0.3, -0.25) is 9.59 Å². The third-order valence-electron chi connectivity index (χ3n) is 4.64. The van der Waals surface area contributed by atoms with Gasteiger partial charge < -0.3 is 14.6 Å². The summed E-state index contributed by atoms with van der Waals surface area (Å²) in [5.74, 6) is -0.629. The fraction of sp³-hybridized carbons (Fsp3) is 0.273. The molecule has 140 valence electrons. The Labute approximate surface area is 158 Å². The molecule has 0 aliphatic heterocycles. The number of nitrogens with zero attached hydrogens (tertiary/aromatic N) is 1. The Morgan fingerprint density at radius 3 is 2.48 bits per heavy atom. The van der Waals surface area contributed by atoms with E-state index in [2.05, 4.69) is 24.0 Å². The number of likely N-dealkylation sites (N-methyl/N-ethyl adjacent to an activating group) is 1. The van der Waals surface area contributed by atoms with Crippen LogP contribution >= 0.6 is 0 Å². The van der Waals surface area contributed by atoms with E-state index in [0.29, 0.717) is 6.54 Å². The number of para-hydroxylation sites is 1. The highest BCUT2D eigenvalue weighted by Gasteiger charge is 2.14. The van der Waals surface area contributed by atoms with E-state index in [1.165, 1.54) is 5.56 Å². The molecule has 5 nitrogen and oxygen atoms in total. The van der Waals surface area contributed by atoms with E-state index >= 15 is 0 Å². The van der Waals surface area contributed by atoms with Crippen molar-refractivity contribution in [1.82, 2.24) is 9.88 Å². The van der Waals surface area contributed by atoms with E-state index in [-0.39, 0.29) is 18.9 Å². The minimum atomic E-state index is -0.409. The van der Waals surface area contributed by atoms with Gasteiger partial charge in [-0.25, -0.2) is 0 Å². The van der Waals surface area contributed by atoms with Crippen molar-refractivity contribution in [2.75, 3.05) is 13.7 Å². The number of hydrogen-bond acceptors (Lipinski definition) is 3. The summed E-state index contributed by atoms with van der Waals surface area (Å²) in [5, 5.41) is 0.994. The Balaban J connectivity index is 1.49. The topological polar surface area (TPSA) is 62.4 Å². The van der Waals surface area contributed by atoms with Gasteiger partial charge in [0.1, 0.15) is 0 Å². The van der Waals surface area contributed by atoms with Crippen LogP contribution in [-0.4, -0.2) is 35.4 Å². The van der Waals surface area contributed by atoms with E-state index in [1.54, 1.807) is 18.1 Å². The van der Waals surface area contributed by atoms with E-state index < -0.39 is 5.97 Å². The van der Waals surface area contributed by atoms with Crippen LogP contribution in [0.2, 0.25) is 0 Å². The number of nitrogens with one attached hydrogen (secondary N) is 1. The summed E-state index contributed by atoms with van der Waals surface area (Å²) in [6.07, 6.45) is 2.93. The molecule has 1 aromatic heterocycles. The van der Waals surface area contributed by atoms with Gasteiger partial charge in [-0.2, -0.15) is 0 Å². The van der Waals surface area contributed by atoms with Crippen molar-refractivity contribution in [3.8, 4) is 0 Å². The van der Waals surface area contributed by atoms with Crippen LogP contribution in [0.25, 0.3) is 10.9 Å². The molecule has 0 bridgehead atoms. The number of carbonyl (C=O) groups is 2. The fourth-order valence-corrected chi connectivity index (χ4v) is 2.98. The second-order valence-electron chi connectivity index (χ2n) is 6.62. The number of esters is 1. The molecule has 3 rings (SSSR count). The van der Waals surface area contributed by atoms with E-state index in [9.17, 15) is 9.59 Å². The van der Waals surface area contributed by atoms with Gasteiger partial charge in [0.15, 0.2) is 6.61 Å². The zero-order valence-electron chi connectivity index (χ0n) is 15.7. The minimum Gasteiger partial charge on any atom is -0.455 e. The van der Waals surface area contributed by atoms with Crippen molar-refractivity contribution in [3.63, 3.8) is 0 Å². The number of benzene rings is 2. The Hall–Kier alpha value is -3.08. The number of amides is 1. The summed E-state index contributed by atoms with van der Waals surface area (Å²) in [5.41, 5.74) is 4.16. The Bertz CT molecular complexity index is 928. The standard InChI is InChI=1S/C22H24N2O3/c1-3-16-8-10-17(11-9-16)14-24(2)21(25)15-27-22(26)12-18-13-23-20-7-5-4-6-19(18)20/h4-11,13,23H,3,12,14-15H2,1-2H3. The fourth-order valence-electron chi connectivity index (χ4n) is 2.98. The highest BCUT2D eigenvalue weighted by Crippen LogP contribution is 2.18. The zero-order chi connectivity index (χ0) is 19.2. The van der Waals surface area contributed by atoms with Crippen molar-refractivity contribution in [2.24, 2.45) is 0 Å². The van der Waals surface area contributed by atoms with Gasteiger partial charge in [0.05, 0.1) is 6.42 Å². The van der Waals surface area contributed by atoms with E-state index in [4.69, 9.17) is 4.74 Å². The molecule has 27 heavy (non-hydrogen) atoms. The van der Waals surface area contributed by atoms with Crippen molar-refractivity contribution in [2.45, 2.75) is 26.3 Å². The number of aromatic amines is 1. The minimum absolute atomic E-state index is 0.138. The molecule has 0 unspecified atom stereocenters. The van der Waals surface area contributed by atoms with Gasteiger partial charge >= 0.3 is 5.97 Å². The SMILES string of the molecule is CCc1ccc(CN(C)C(=O)COC(=O)Cc2c[nH]c3ccccc23)cc1. The van der Waals surface area contributed by atoms with Gasteiger partial charge in [-0.15, -0.1) is 0 Å². The van der Waals surface area contributed by atoms with Crippen LogP contribution in [0.5, 0.6) is 0 Å². The number of rotatable bonds is 7. The molecule has 2 aromatic carbocycles. The number of hydrogen-bond donors (Lipinski definition) is 1. The summed E-state index contributed by atoms with van der Waals surface area (Å²) in [7, 11) is 1.71. The molecule has 0 fully saturated rings. The first-order chi connectivity index (χ1) is 13.1. The van der Waals surface area contributed by atoms with Crippen molar-refractivity contribution in [3.05, 3.63) is 71.4 Å². The molecule has 0 saturated heterocycles. The first-order valence-electron chi connectivity index (χ1n) is 9.09. The lowest BCUT2D eigenvalue weighted by Gasteiger charge is -2.17. The molecule has 0 atom stereocenters. The summed E-state index contributed by atoms with van der Waals surface area (Å²) < 4.78 is 5.18. The van der Waals surface area contributed by atoms with Crippen LogP contribution in [0.1, 0.15) is 23.6 Å². The average Bonchev–Trinajstić information content (AvgIpc) is 3.09. The normalized spacial score (nSPS) is 10.7. The summed E-state index contributed by atoms with van der Waals surface area (Å²) in [6, 6.07) is 15.9. The first kappa shape index (κ1) is 18.7. The van der Waals surface area contributed by atoms with Gasteiger partial charge in [0, 0.05) is 30.7 Å². The predicted molar refractivity (Wildman–Crippen MR) is 105 cm³/mol. The van der Waals surface area contributed by atoms with Crippen LogP contribution < -0.4 is 0 Å².